The van der Waals surface area contributed by atoms with Gasteiger partial charge in [0.1, 0.15) is 11.9 Å². The van der Waals surface area contributed by atoms with Gasteiger partial charge in [-0.15, -0.1) is 0 Å². The highest BCUT2D eigenvalue weighted by atomic mass is 79.9. The minimum atomic E-state index is -0.869. The van der Waals surface area contributed by atoms with E-state index in [0.29, 0.717) is 13.0 Å². The Kier molecular flexibility index (Phi) is 3.84. The average Bonchev–Trinajstić information content (AvgIpc) is 2.75. The largest absolute Gasteiger partial charge is 0.493 e. The number of carbonyl (C=O) groups is 1. The first-order valence-electron chi connectivity index (χ1n) is 5.76. The highest BCUT2D eigenvalue weighted by Crippen LogP contribution is 2.33. The van der Waals surface area contributed by atoms with E-state index < -0.39 is 6.10 Å². The van der Waals surface area contributed by atoms with Crippen molar-refractivity contribution in [2.24, 2.45) is 0 Å². The molecular formula is C13H15BrO3. The Morgan fingerprint density at radius 1 is 1.59 bits per heavy atom. The summed E-state index contributed by atoms with van der Waals surface area (Å²) in [5.41, 5.74) is 2.00. The summed E-state index contributed by atoms with van der Waals surface area (Å²) in [7, 11) is 0. The van der Waals surface area contributed by atoms with Gasteiger partial charge in [-0.1, -0.05) is 22.9 Å². The molecule has 0 bridgehead atoms. The van der Waals surface area contributed by atoms with Crippen molar-refractivity contribution in [3.05, 3.63) is 27.7 Å². The number of carbonyl (C=O) groups excluding carboxylic acids is 1. The lowest BCUT2D eigenvalue weighted by molar-refractivity contribution is -0.126. The zero-order chi connectivity index (χ0) is 12.4. The number of Topliss-reactive ketones (excluding diaryl/α,β-unsaturated/α-hetero) is 1. The number of halogens is 1. The van der Waals surface area contributed by atoms with Crippen molar-refractivity contribution in [1.82, 2.24) is 0 Å². The fourth-order valence-corrected chi connectivity index (χ4v) is 2.56. The molecule has 0 saturated heterocycles. The van der Waals surface area contributed by atoms with Crippen molar-refractivity contribution >= 4 is 21.7 Å². The van der Waals surface area contributed by atoms with Crippen LogP contribution < -0.4 is 4.74 Å². The maximum atomic E-state index is 11.7. The number of hydrogen-bond acceptors (Lipinski definition) is 3. The van der Waals surface area contributed by atoms with Gasteiger partial charge in [0.05, 0.1) is 6.61 Å². The molecule has 1 unspecified atom stereocenters. The standard InChI is InChI=1S/C13H15BrO3/c1-2-11(15)12(16)7-9-6-10(14)5-8-3-4-17-13(8)9/h5-6,11,15H,2-4,7H2,1H3. The molecule has 0 spiro atoms. The van der Waals surface area contributed by atoms with E-state index in [1.807, 2.05) is 12.1 Å². The monoisotopic (exact) mass is 298 g/mol. The molecule has 1 N–H and O–H groups in total. The van der Waals surface area contributed by atoms with Crippen LogP contribution in [0.5, 0.6) is 5.75 Å². The van der Waals surface area contributed by atoms with Crippen LogP contribution >= 0.6 is 15.9 Å². The van der Waals surface area contributed by atoms with Crippen molar-refractivity contribution in [1.29, 1.82) is 0 Å². The Labute approximate surface area is 109 Å². The zero-order valence-corrected chi connectivity index (χ0v) is 11.3. The summed E-state index contributed by atoms with van der Waals surface area (Å²) in [5.74, 6) is 0.674. The molecule has 1 aliphatic rings. The van der Waals surface area contributed by atoms with Crippen LogP contribution in [0.2, 0.25) is 0 Å². The summed E-state index contributed by atoms with van der Waals surface area (Å²) in [6.07, 6.45) is 0.699. The highest BCUT2D eigenvalue weighted by molar-refractivity contribution is 9.10. The number of aliphatic hydroxyl groups is 1. The predicted octanol–water partition coefficient (Wildman–Crippen LogP) is 2.27. The molecule has 2 rings (SSSR count). The lowest BCUT2D eigenvalue weighted by Gasteiger charge is -2.10. The molecule has 0 aliphatic carbocycles. The number of rotatable bonds is 4. The van der Waals surface area contributed by atoms with Gasteiger partial charge in [0.15, 0.2) is 5.78 Å². The van der Waals surface area contributed by atoms with Crippen LogP contribution in [0.1, 0.15) is 24.5 Å². The number of ether oxygens (including phenoxy) is 1. The van der Waals surface area contributed by atoms with Gasteiger partial charge in [-0.3, -0.25) is 4.79 Å². The minimum Gasteiger partial charge on any atom is -0.493 e. The van der Waals surface area contributed by atoms with Crippen LogP contribution in [0.25, 0.3) is 0 Å². The summed E-state index contributed by atoms with van der Waals surface area (Å²) in [6, 6.07) is 3.91. The Bertz CT molecular complexity index is 443. The summed E-state index contributed by atoms with van der Waals surface area (Å²) in [4.78, 5) is 11.7. The number of fused-ring (bicyclic) bond motifs is 1. The topological polar surface area (TPSA) is 46.5 Å². The first-order valence-corrected chi connectivity index (χ1v) is 6.56. The van der Waals surface area contributed by atoms with Crippen molar-refractivity contribution in [3.8, 4) is 5.75 Å². The molecule has 3 nitrogen and oxygen atoms in total. The van der Waals surface area contributed by atoms with Crippen LogP contribution in [0, 0.1) is 0 Å². The van der Waals surface area contributed by atoms with Gasteiger partial charge < -0.3 is 9.84 Å². The third-order valence-corrected chi connectivity index (χ3v) is 3.41. The Hall–Kier alpha value is -0.870. The second-order valence-corrected chi connectivity index (χ2v) is 5.13. The first-order chi connectivity index (χ1) is 8.11. The Balaban J connectivity index is 2.24. The molecule has 1 atom stereocenters. The molecular weight excluding hydrogens is 284 g/mol. The normalized spacial score (nSPS) is 15.2. The molecule has 0 radical (unpaired) electrons. The molecule has 17 heavy (non-hydrogen) atoms. The molecule has 0 amide bonds. The van der Waals surface area contributed by atoms with E-state index in [4.69, 9.17) is 4.74 Å². The summed E-state index contributed by atoms with van der Waals surface area (Å²) in [5, 5.41) is 9.50. The number of aliphatic hydroxyl groups excluding tert-OH is 1. The van der Waals surface area contributed by atoms with Gasteiger partial charge in [0.2, 0.25) is 0 Å². The molecule has 0 fully saturated rings. The number of benzene rings is 1. The van der Waals surface area contributed by atoms with Crippen molar-refractivity contribution < 1.29 is 14.6 Å². The second-order valence-electron chi connectivity index (χ2n) is 4.22. The van der Waals surface area contributed by atoms with E-state index in [1.165, 1.54) is 0 Å². The zero-order valence-electron chi connectivity index (χ0n) is 9.70. The third-order valence-electron chi connectivity index (χ3n) is 2.95. The Morgan fingerprint density at radius 2 is 2.35 bits per heavy atom. The molecule has 1 heterocycles. The summed E-state index contributed by atoms with van der Waals surface area (Å²) >= 11 is 3.43. The predicted molar refractivity (Wildman–Crippen MR) is 68.3 cm³/mol. The second kappa shape index (κ2) is 5.19. The van der Waals surface area contributed by atoms with E-state index in [-0.39, 0.29) is 12.2 Å². The van der Waals surface area contributed by atoms with Gasteiger partial charge in [-0.05, 0) is 24.1 Å². The van der Waals surface area contributed by atoms with E-state index in [9.17, 15) is 9.90 Å². The Morgan fingerprint density at radius 3 is 3.06 bits per heavy atom. The van der Waals surface area contributed by atoms with Crippen molar-refractivity contribution in [2.45, 2.75) is 32.3 Å². The molecule has 4 heteroatoms. The number of hydrogen-bond donors (Lipinski definition) is 1. The van der Waals surface area contributed by atoms with Gasteiger partial charge in [0, 0.05) is 22.9 Å². The molecule has 0 saturated carbocycles. The van der Waals surface area contributed by atoms with Crippen LogP contribution in [-0.4, -0.2) is 23.6 Å². The number of ketones is 1. The average molecular weight is 299 g/mol. The first kappa shape index (κ1) is 12.6. The van der Waals surface area contributed by atoms with Gasteiger partial charge in [-0.25, -0.2) is 0 Å². The van der Waals surface area contributed by atoms with Crippen LogP contribution in [0.4, 0.5) is 0 Å². The minimum absolute atomic E-state index is 0.150. The van der Waals surface area contributed by atoms with E-state index in [1.54, 1.807) is 6.92 Å². The van der Waals surface area contributed by atoms with E-state index >= 15 is 0 Å². The maximum Gasteiger partial charge on any atom is 0.165 e. The lowest BCUT2D eigenvalue weighted by atomic mass is 10.0. The van der Waals surface area contributed by atoms with Gasteiger partial charge in [0.25, 0.3) is 0 Å². The third kappa shape index (κ3) is 2.69. The SMILES string of the molecule is CCC(O)C(=O)Cc1cc(Br)cc2c1OCC2. The molecule has 1 aromatic carbocycles. The molecule has 1 aliphatic heterocycles. The van der Waals surface area contributed by atoms with E-state index in [0.717, 1.165) is 27.8 Å². The van der Waals surface area contributed by atoms with Gasteiger partial charge in [-0.2, -0.15) is 0 Å². The van der Waals surface area contributed by atoms with Crippen LogP contribution in [0.3, 0.4) is 0 Å². The van der Waals surface area contributed by atoms with Crippen molar-refractivity contribution in [3.63, 3.8) is 0 Å². The quantitative estimate of drug-likeness (QED) is 0.927. The maximum absolute atomic E-state index is 11.7. The summed E-state index contributed by atoms with van der Waals surface area (Å²) in [6.45, 7) is 2.47. The van der Waals surface area contributed by atoms with Gasteiger partial charge >= 0.3 is 0 Å². The molecule has 1 aromatic rings. The summed E-state index contributed by atoms with van der Waals surface area (Å²) < 4.78 is 6.50. The van der Waals surface area contributed by atoms with Crippen LogP contribution in [-0.2, 0) is 17.6 Å². The highest BCUT2D eigenvalue weighted by Gasteiger charge is 2.21. The molecule has 0 aromatic heterocycles. The smallest absolute Gasteiger partial charge is 0.165 e. The fraction of sp³-hybridized carbons (Fsp3) is 0.462. The van der Waals surface area contributed by atoms with Crippen molar-refractivity contribution in [2.75, 3.05) is 6.61 Å². The molecule has 92 valence electrons. The van der Waals surface area contributed by atoms with E-state index in [2.05, 4.69) is 15.9 Å². The fourth-order valence-electron chi connectivity index (χ4n) is 2.01. The van der Waals surface area contributed by atoms with Crippen LogP contribution in [0.15, 0.2) is 16.6 Å². The lowest BCUT2D eigenvalue weighted by Crippen LogP contribution is -2.21.